The van der Waals surface area contributed by atoms with Crippen molar-refractivity contribution in [3.8, 4) is 11.5 Å². The number of ether oxygens (including phenoxy) is 2. The zero-order chi connectivity index (χ0) is 18.4. The molecule has 136 valence electrons. The van der Waals surface area contributed by atoms with Crippen LogP contribution >= 0.6 is 39.1 Å². The second kappa shape index (κ2) is 9.67. The molecule has 0 saturated heterocycles. The van der Waals surface area contributed by atoms with E-state index in [1.807, 2.05) is 24.3 Å². The van der Waals surface area contributed by atoms with Gasteiger partial charge in [-0.3, -0.25) is 0 Å². The molecule has 0 radical (unpaired) electrons. The van der Waals surface area contributed by atoms with Gasteiger partial charge in [0.1, 0.15) is 6.61 Å². The Kier molecular flexibility index (Phi) is 7.88. The standard InChI is InChI=1S/C19H22BrCl2NO2/c1-4-12(2)23-10-14-15(20)6-8-18(24-3)19(14)25-11-13-5-7-16(21)17(22)9-13/h5-9,12,23H,4,10-11H2,1-3H3. The Morgan fingerprint density at radius 2 is 1.92 bits per heavy atom. The van der Waals surface area contributed by atoms with E-state index in [1.165, 1.54) is 0 Å². The van der Waals surface area contributed by atoms with Gasteiger partial charge in [0.25, 0.3) is 0 Å². The van der Waals surface area contributed by atoms with E-state index in [0.717, 1.165) is 27.8 Å². The lowest BCUT2D eigenvalue weighted by atomic mass is 10.1. The lowest BCUT2D eigenvalue weighted by molar-refractivity contribution is 0.280. The van der Waals surface area contributed by atoms with Crippen LogP contribution in [0.25, 0.3) is 0 Å². The van der Waals surface area contributed by atoms with E-state index < -0.39 is 0 Å². The summed E-state index contributed by atoms with van der Waals surface area (Å²) in [5, 5.41) is 4.54. The van der Waals surface area contributed by atoms with Crippen LogP contribution in [-0.2, 0) is 13.2 Å². The number of methoxy groups -OCH3 is 1. The molecule has 0 aromatic heterocycles. The molecule has 1 unspecified atom stereocenters. The molecule has 2 rings (SSSR count). The first kappa shape index (κ1) is 20.4. The van der Waals surface area contributed by atoms with Gasteiger partial charge in [0.15, 0.2) is 11.5 Å². The normalized spacial score (nSPS) is 12.1. The molecule has 6 heteroatoms. The zero-order valence-corrected chi connectivity index (χ0v) is 17.6. The average molecular weight is 447 g/mol. The summed E-state index contributed by atoms with van der Waals surface area (Å²) in [7, 11) is 1.64. The van der Waals surface area contributed by atoms with Crippen molar-refractivity contribution >= 4 is 39.1 Å². The number of hydrogen-bond acceptors (Lipinski definition) is 3. The Morgan fingerprint density at radius 1 is 1.16 bits per heavy atom. The first-order chi connectivity index (χ1) is 12.0. The molecule has 0 saturated carbocycles. The Bertz CT molecular complexity index is 725. The summed E-state index contributed by atoms with van der Waals surface area (Å²) in [6, 6.07) is 9.76. The monoisotopic (exact) mass is 445 g/mol. The van der Waals surface area contributed by atoms with Crippen molar-refractivity contribution in [1.82, 2.24) is 5.32 Å². The minimum Gasteiger partial charge on any atom is -0.493 e. The number of benzene rings is 2. The maximum atomic E-state index is 6.09. The summed E-state index contributed by atoms with van der Waals surface area (Å²) in [5.74, 6) is 1.42. The molecule has 0 heterocycles. The topological polar surface area (TPSA) is 30.5 Å². The van der Waals surface area contributed by atoms with Crippen molar-refractivity contribution in [2.75, 3.05) is 7.11 Å². The van der Waals surface area contributed by atoms with Gasteiger partial charge < -0.3 is 14.8 Å². The highest BCUT2D eigenvalue weighted by molar-refractivity contribution is 9.10. The molecule has 1 atom stereocenters. The van der Waals surface area contributed by atoms with Gasteiger partial charge >= 0.3 is 0 Å². The third-order valence-corrected chi connectivity index (χ3v) is 5.48. The summed E-state index contributed by atoms with van der Waals surface area (Å²) in [6.45, 7) is 5.37. The number of hydrogen-bond donors (Lipinski definition) is 1. The molecule has 0 spiro atoms. The first-order valence-electron chi connectivity index (χ1n) is 8.11. The number of rotatable bonds is 8. The Balaban J connectivity index is 2.24. The fourth-order valence-corrected chi connectivity index (χ4v) is 3.04. The molecule has 0 aliphatic carbocycles. The molecular weight excluding hydrogens is 425 g/mol. The SMILES string of the molecule is CCC(C)NCc1c(Br)ccc(OC)c1OCc1ccc(Cl)c(Cl)c1. The van der Waals surface area contributed by atoms with Crippen LogP contribution < -0.4 is 14.8 Å². The molecule has 0 fully saturated rings. The van der Waals surface area contributed by atoms with E-state index >= 15 is 0 Å². The summed E-state index contributed by atoms with van der Waals surface area (Å²) in [4.78, 5) is 0. The fraction of sp³-hybridized carbons (Fsp3) is 0.368. The summed E-state index contributed by atoms with van der Waals surface area (Å²) >= 11 is 15.7. The van der Waals surface area contributed by atoms with Gasteiger partial charge in [-0.2, -0.15) is 0 Å². The highest BCUT2D eigenvalue weighted by Crippen LogP contribution is 2.37. The second-order valence-corrected chi connectivity index (χ2v) is 7.45. The van der Waals surface area contributed by atoms with Crippen molar-refractivity contribution in [1.29, 1.82) is 0 Å². The van der Waals surface area contributed by atoms with Gasteiger partial charge in [-0.25, -0.2) is 0 Å². The number of nitrogens with one attached hydrogen (secondary N) is 1. The van der Waals surface area contributed by atoms with E-state index in [0.29, 0.717) is 35.0 Å². The molecule has 0 aliphatic rings. The van der Waals surface area contributed by atoms with Gasteiger partial charge in [0, 0.05) is 22.6 Å². The largest absolute Gasteiger partial charge is 0.493 e. The molecule has 0 aliphatic heterocycles. The van der Waals surface area contributed by atoms with Gasteiger partial charge in [0.05, 0.1) is 17.2 Å². The maximum Gasteiger partial charge on any atom is 0.167 e. The lowest BCUT2D eigenvalue weighted by Gasteiger charge is -2.19. The van der Waals surface area contributed by atoms with Gasteiger partial charge in [0.2, 0.25) is 0 Å². The Hall–Kier alpha value is -0.940. The van der Waals surface area contributed by atoms with Gasteiger partial charge in [-0.1, -0.05) is 52.1 Å². The summed E-state index contributed by atoms with van der Waals surface area (Å²) in [6.07, 6.45) is 1.06. The molecule has 25 heavy (non-hydrogen) atoms. The maximum absolute atomic E-state index is 6.09. The van der Waals surface area contributed by atoms with E-state index in [9.17, 15) is 0 Å². The molecule has 2 aromatic rings. The second-order valence-electron chi connectivity index (χ2n) is 5.78. The predicted octanol–water partition coefficient (Wildman–Crippen LogP) is 6.23. The average Bonchev–Trinajstić information content (AvgIpc) is 2.61. The van der Waals surface area contributed by atoms with Gasteiger partial charge in [-0.05, 0) is 43.2 Å². The van der Waals surface area contributed by atoms with Crippen LogP contribution in [0, 0.1) is 0 Å². The van der Waals surface area contributed by atoms with Crippen LogP contribution in [0.1, 0.15) is 31.4 Å². The molecular formula is C19H22BrCl2NO2. The van der Waals surface area contributed by atoms with Gasteiger partial charge in [-0.15, -0.1) is 0 Å². The Morgan fingerprint density at radius 3 is 2.56 bits per heavy atom. The third-order valence-electron chi connectivity index (χ3n) is 3.99. The fourth-order valence-electron chi connectivity index (χ4n) is 2.27. The van der Waals surface area contributed by atoms with Crippen molar-refractivity contribution in [3.05, 3.63) is 56.0 Å². The number of halogens is 3. The van der Waals surface area contributed by atoms with Crippen LogP contribution in [0.4, 0.5) is 0 Å². The quantitative estimate of drug-likeness (QED) is 0.521. The lowest BCUT2D eigenvalue weighted by Crippen LogP contribution is -2.25. The molecule has 2 aromatic carbocycles. The molecule has 3 nitrogen and oxygen atoms in total. The molecule has 1 N–H and O–H groups in total. The van der Waals surface area contributed by atoms with Crippen LogP contribution in [0.3, 0.4) is 0 Å². The highest BCUT2D eigenvalue weighted by atomic mass is 79.9. The summed E-state index contributed by atoms with van der Waals surface area (Å²) in [5.41, 5.74) is 1.97. The minimum atomic E-state index is 0.375. The Labute approximate surface area is 167 Å². The van der Waals surface area contributed by atoms with E-state index in [2.05, 4.69) is 35.1 Å². The van der Waals surface area contributed by atoms with Crippen LogP contribution in [0.2, 0.25) is 10.0 Å². The first-order valence-corrected chi connectivity index (χ1v) is 9.66. The van der Waals surface area contributed by atoms with E-state index in [1.54, 1.807) is 13.2 Å². The summed E-state index contributed by atoms with van der Waals surface area (Å²) < 4.78 is 12.6. The molecule has 0 bridgehead atoms. The molecule has 0 amide bonds. The van der Waals surface area contributed by atoms with Crippen LogP contribution in [0.15, 0.2) is 34.8 Å². The van der Waals surface area contributed by atoms with Crippen LogP contribution in [-0.4, -0.2) is 13.2 Å². The van der Waals surface area contributed by atoms with Crippen LogP contribution in [0.5, 0.6) is 11.5 Å². The zero-order valence-electron chi connectivity index (χ0n) is 14.5. The smallest absolute Gasteiger partial charge is 0.167 e. The van der Waals surface area contributed by atoms with E-state index in [-0.39, 0.29) is 0 Å². The van der Waals surface area contributed by atoms with Crippen molar-refractivity contribution in [3.63, 3.8) is 0 Å². The van der Waals surface area contributed by atoms with Crippen molar-refractivity contribution < 1.29 is 9.47 Å². The van der Waals surface area contributed by atoms with E-state index in [4.69, 9.17) is 32.7 Å². The predicted molar refractivity (Wildman–Crippen MR) is 108 cm³/mol. The van der Waals surface area contributed by atoms with Crippen molar-refractivity contribution in [2.45, 2.75) is 39.5 Å². The highest BCUT2D eigenvalue weighted by Gasteiger charge is 2.15. The minimum absolute atomic E-state index is 0.375. The van der Waals surface area contributed by atoms with Crippen molar-refractivity contribution in [2.24, 2.45) is 0 Å². The third kappa shape index (κ3) is 5.52.